The maximum atomic E-state index is 12.4. The molecule has 20 heavy (non-hydrogen) atoms. The van der Waals surface area contributed by atoms with Crippen molar-refractivity contribution in [2.75, 3.05) is 0 Å². The SMILES string of the molecule is O=C1c2ccccc2C(=O)c2c1cccc2C(O)(O)O. The van der Waals surface area contributed by atoms with Gasteiger partial charge >= 0.3 is 5.97 Å². The Labute approximate surface area is 113 Å². The molecule has 5 heteroatoms. The second-order valence-corrected chi connectivity index (χ2v) is 4.57. The van der Waals surface area contributed by atoms with Gasteiger partial charge in [0, 0.05) is 22.3 Å². The summed E-state index contributed by atoms with van der Waals surface area (Å²) in [6.07, 6.45) is 0. The van der Waals surface area contributed by atoms with Crippen LogP contribution in [0, 0.1) is 0 Å². The standard InChI is InChI=1S/C15H10O5/c16-13-8-4-1-2-5-9(8)14(17)12-10(13)6-3-7-11(12)15(18,19)20/h1-7,18-20H. The molecule has 2 aromatic rings. The zero-order chi connectivity index (χ0) is 14.5. The summed E-state index contributed by atoms with van der Waals surface area (Å²) in [4.78, 5) is 24.8. The van der Waals surface area contributed by atoms with Crippen molar-refractivity contribution in [3.63, 3.8) is 0 Å². The Kier molecular flexibility index (Phi) is 2.58. The third kappa shape index (κ3) is 1.69. The van der Waals surface area contributed by atoms with Crippen molar-refractivity contribution in [2.45, 2.75) is 5.97 Å². The van der Waals surface area contributed by atoms with Crippen LogP contribution in [0.5, 0.6) is 0 Å². The van der Waals surface area contributed by atoms with Gasteiger partial charge in [-0.1, -0.05) is 42.5 Å². The molecule has 0 radical (unpaired) electrons. The van der Waals surface area contributed by atoms with E-state index in [0.717, 1.165) is 0 Å². The van der Waals surface area contributed by atoms with Crippen LogP contribution < -0.4 is 0 Å². The number of carbonyl (C=O) groups is 2. The lowest BCUT2D eigenvalue weighted by atomic mass is 9.81. The van der Waals surface area contributed by atoms with Crippen LogP contribution in [0.4, 0.5) is 0 Å². The van der Waals surface area contributed by atoms with Crippen molar-refractivity contribution in [3.8, 4) is 0 Å². The summed E-state index contributed by atoms with van der Waals surface area (Å²) >= 11 is 0. The summed E-state index contributed by atoms with van der Waals surface area (Å²) in [6.45, 7) is 0. The van der Waals surface area contributed by atoms with Crippen LogP contribution >= 0.6 is 0 Å². The molecule has 0 amide bonds. The van der Waals surface area contributed by atoms with Crippen LogP contribution in [0.15, 0.2) is 42.5 Å². The van der Waals surface area contributed by atoms with E-state index < -0.39 is 17.3 Å². The summed E-state index contributed by atoms with van der Waals surface area (Å²) in [5, 5.41) is 28.0. The van der Waals surface area contributed by atoms with Crippen molar-refractivity contribution in [1.82, 2.24) is 0 Å². The van der Waals surface area contributed by atoms with E-state index in [0.29, 0.717) is 0 Å². The lowest BCUT2D eigenvalue weighted by molar-refractivity contribution is -0.324. The van der Waals surface area contributed by atoms with Gasteiger partial charge in [0.15, 0.2) is 11.6 Å². The fourth-order valence-electron chi connectivity index (χ4n) is 2.42. The highest BCUT2D eigenvalue weighted by molar-refractivity contribution is 6.28. The van der Waals surface area contributed by atoms with Gasteiger partial charge in [-0.15, -0.1) is 0 Å². The highest BCUT2D eigenvalue weighted by atomic mass is 16.7. The number of fused-ring (bicyclic) bond motifs is 2. The van der Waals surface area contributed by atoms with Crippen LogP contribution in [0.1, 0.15) is 37.4 Å². The molecule has 5 nitrogen and oxygen atoms in total. The van der Waals surface area contributed by atoms with Gasteiger partial charge in [0.1, 0.15) is 0 Å². The molecule has 0 spiro atoms. The fourth-order valence-corrected chi connectivity index (χ4v) is 2.42. The Bertz CT molecular complexity index is 740. The first-order chi connectivity index (χ1) is 9.41. The van der Waals surface area contributed by atoms with Crippen LogP contribution in [0.3, 0.4) is 0 Å². The molecule has 1 aliphatic carbocycles. The molecule has 0 saturated heterocycles. The number of aliphatic hydroxyl groups is 3. The normalized spacial score (nSPS) is 13.9. The highest BCUT2D eigenvalue weighted by Gasteiger charge is 2.36. The van der Waals surface area contributed by atoms with E-state index >= 15 is 0 Å². The highest BCUT2D eigenvalue weighted by Crippen LogP contribution is 2.32. The third-order valence-corrected chi connectivity index (χ3v) is 3.31. The van der Waals surface area contributed by atoms with Gasteiger partial charge in [0.25, 0.3) is 0 Å². The lowest BCUT2D eigenvalue weighted by Gasteiger charge is -2.23. The molecule has 0 heterocycles. The summed E-state index contributed by atoms with van der Waals surface area (Å²) in [5.41, 5.74) is -0.0810. The molecule has 0 fully saturated rings. The van der Waals surface area contributed by atoms with E-state index in [1.54, 1.807) is 12.1 Å². The molecular weight excluding hydrogens is 260 g/mol. The summed E-state index contributed by atoms with van der Waals surface area (Å²) < 4.78 is 0. The van der Waals surface area contributed by atoms with Gasteiger partial charge in [-0.3, -0.25) is 9.59 Å². The zero-order valence-corrected chi connectivity index (χ0v) is 10.2. The smallest absolute Gasteiger partial charge is 0.305 e. The second-order valence-electron chi connectivity index (χ2n) is 4.57. The second kappa shape index (κ2) is 4.08. The largest absolute Gasteiger partial charge is 0.340 e. The van der Waals surface area contributed by atoms with E-state index in [-0.39, 0.29) is 28.0 Å². The van der Waals surface area contributed by atoms with E-state index in [2.05, 4.69) is 0 Å². The van der Waals surface area contributed by atoms with Gasteiger partial charge in [-0.05, 0) is 0 Å². The van der Waals surface area contributed by atoms with Crippen LogP contribution in [0.2, 0.25) is 0 Å². The quantitative estimate of drug-likeness (QED) is 0.561. The van der Waals surface area contributed by atoms with Crippen LogP contribution in [-0.4, -0.2) is 26.9 Å². The maximum Gasteiger partial charge on any atom is 0.305 e. The van der Waals surface area contributed by atoms with Crippen molar-refractivity contribution >= 4 is 11.6 Å². The Morgan fingerprint density at radius 2 is 1.25 bits per heavy atom. The maximum absolute atomic E-state index is 12.4. The number of hydrogen-bond donors (Lipinski definition) is 3. The Morgan fingerprint density at radius 1 is 0.700 bits per heavy atom. The molecule has 0 unspecified atom stereocenters. The number of rotatable bonds is 1. The molecule has 0 saturated carbocycles. The predicted octanol–water partition coefficient (Wildman–Crippen LogP) is 0.549. The Hall–Kier alpha value is -2.34. The topological polar surface area (TPSA) is 94.8 Å². The average Bonchev–Trinajstić information content (AvgIpc) is 2.43. The first-order valence-corrected chi connectivity index (χ1v) is 5.90. The Balaban J connectivity index is 2.34. The van der Waals surface area contributed by atoms with Gasteiger partial charge in [0.05, 0.1) is 5.56 Å². The van der Waals surface area contributed by atoms with Crippen LogP contribution in [-0.2, 0) is 5.97 Å². The Morgan fingerprint density at radius 3 is 1.85 bits per heavy atom. The lowest BCUT2D eigenvalue weighted by Crippen LogP contribution is -2.31. The zero-order valence-electron chi connectivity index (χ0n) is 10.2. The fraction of sp³-hybridized carbons (Fsp3) is 0.0667. The third-order valence-electron chi connectivity index (χ3n) is 3.31. The van der Waals surface area contributed by atoms with Gasteiger partial charge in [0.2, 0.25) is 0 Å². The van der Waals surface area contributed by atoms with Crippen molar-refractivity contribution in [3.05, 3.63) is 70.3 Å². The number of carbonyl (C=O) groups excluding carboxylic acids is 2. The number of ketones is 2. The average molecular weight is 270 g/mol. The van der Waals surface area contributed by atoms with Crippen molar-refractivity contribution in [2.24, 2.45) is 0 Å². The molecule has 3 rings (SSSR count). The predicted molar refractivity (Wildman–Crippen MR) is 68.1 cm³/mol. The molecule has 0 aromatic heterocycles. The van der Waals surface area contributed by atoms with Crippen LogP contribution in [0.25, 0.3) is 0 Å². The first-order valence-electron chi connectivity index (χ1n) is 5.90. The molecule has 100 valence electrons. The minimum Gasteiger partial charge on any atom is -0.340 e. The van der Waals surface area contributed by atoms with Crippen molar-refractivity contribution in [1.29, 1.82) is 0 Å². The minimum atomic E-state index is -3.17. The molecule has 0 atom stereocenters. The van der Waals surface area contributed by atoms with E-state index in [9.17, 15) is 24.9 Å². The monoisotopic (exact) mass is 270 g/mol. The van der Waals surface area contributed by atoms with Gasteiger partial charge < -0.3 is 15.3 Å². The van der Waals surface area contributed by atoms with E-state index in [4.69, 9.17) is 0 Å². The summed E-state index contributed by atoms with van der Waals surface area (Å²) in [5.74, 6) is -4.08. The molecule has 3 N–H and O–H groups in total. The number of benzene rings is 2. The van der Waals surface area contributed by atoms with Gasteiger partial charge in [-0.25, -0.2) is 0 Å². The molecule has 1 aliphatic rings. The summed E-state index contributed by atoms with van der Waals surface area (Å²) in [7, 11) is 0. The first kappa shape index (κ1) is 12.7. The number of hydrogen-bond acceptors (Lipinski definition) is 5. The van der Waals surface area contributed by atoms with E-state index in [1.165, 1.54) is 30.3 Å². The molecule has 0 bridgehead atoms. The van der Waals surface area contributed by atoms with E-state index in [1.807, 2.05) is 0 Å². The minimum absolute atomic E-state index is 0.0488. The van der Waals surface area contributed by atoms with Crippen molar-refractivity contribution < 1.29 is 24.9 Å². The summed E-state index contributed by atoms with van der Waals surface area (Å²) in [6, 6.07) is 10.3. The van der Waals surface area contributed by atoms with Gasteiger partial charge in [-0.2, -0.15) is 0 Å². The molecular formula is C15H10O5. The molecule has 2 aromatic carbocycles. The molecule has 0 aliphatic heterocycles.